The Labute approximate surface area is 149 Å². The first-order chi connectivity index (χ1) is 11.9. The smallest absolute Gasteiger partial charge is 0.328 e. The molecule has 132 valence electrons. The maximum Gasteiger partial charge on any atom is 0.328 e. The summed E-state index contributed by atoms with van der Waals surface area (Å²) in [5.74, 6) is 0.186. The van der Waals surface area contributed by atoms with Crippen LogP contribution in [0.15, 0.2) is 18.2 Å². The topological polar surface area (TPSA) is 97.5 Å². The predicted molar refractivity (Wildman–Crippen MR) is 88.4 cm³/mol. The fraction of sp³-hybridized carbons (Fsp3) is 0.375. The molecular formula is C16H17ClN4O4. The molecule has 1 aliphatic rings. The van der Waals surface area contributed by atoms with Crippen LogP contribution in [0.5, 0.6) is 5.75 Å². The molecule has 8 nitrogen and oxygen atoms in total. The maximum absolute atomic E-state index is 12.5. The number of carbonyl (C=O) groups excluding carboxylic acids is 1. The Hall–Kier alpha value is -2.61. The Balaban J connectivity index is 1.73. The molecule has 9 heteroatoms. The normalized spacial score (nSPS) is 16.4. The molecule has 0 fully saturated rings. The van der Waals surface area contributed by atoms with Gasteiger partial charge < -0.3 is 19.3 Å². The van der Waals surface area contributed by atoms with Crippen LogP contribution < -0.4 is 4.74 Å². The van der Waals surface area contributed by atoms with E-state index < -0.39 is 17.9 Å². The third-order valence-electron chi connectivity index (χ3n) is 4.15. The lowest BCUT2D eigenvalue weighted by Crippen LogP contribution is -2.52. The van der Waals surface area contributed by atoms with E-state index in [1.54, 1.807) is 29.7 Å². The van der Waals surface area contributed by atoms with Gasteiger partial charge in [0.05, 0.1) is 13.1 Å². The summed E-state index contributed by atoms with van der Waals surface area (Å²) in [5.41, 5.74) is 0.830. The zero-order chi connectivity index (χ0) is 18.1. The van der Waals surface area contributed by atoms with Crippen LogP contribution in [-0.2, 0) is 22.7 Å². The second-order valence-corrected chi connectivity index (χ2v) is 6.26. The number of aromatic nitrogens is 3. The molecule has 0 spiro atoms. The van der Waals surface area contributed by atoms with Gasteiger partial charge in [-0.25, -0.2) is 4.79 Å². The largest absolute Gasteiger partial charge is 0.484 e. The number of aryl methyl sites for hydroxylation is 2. The molecular weight excluding hydrogens is 348 g/mol. The Morgan fingerprint density at radius 2 is 2.12 bits per heavy atom. The number of carboxylic acid groups (broad SMARTS) is 1. The molecule has 1 aromatic heterocycles. The van der Waals surface area contributed by atoms with Gasteiger partial charge in [-0.05, 0) is 37.6 Å². The van der Waals surface area contributed by atoms with Crippen LogP contribution in [0.1, 0.15) is 17.2 Å². The lowest BCUT2D eigenvalue weighted by Gasteiger charge is -2.33. The first kappa shape index (κ1) is 17.2. The number of hydrogen-bond acceptors (Lipinski definition) is 5. The number of amides is 1. The van der Waals surface area contributed by atoms with Crippen molar-refractivity contribution >= 4 is 23.5 Å². The number of rotatable bonds is 4. The summed E-state index contributed by atoms with van der Waals surface area (Å²) in [7, 11) is 0. The van der Waals surface area contributed by atoms with Crippen molar-refractivity contribution in [3.05, 3.63) is 40.4 Å². The van der Waals surface area contributed by atoms with E-state index in [1.165, 1.54) is 4.90 Å². The molecule has 25 heavy (non-hydrogen) atoms. The summed E-state index contributed by atoms with van der Waals surface area (Å²) in [6.07, 6.45) is 0. The number of benzene rings is 1. The molecule has 2 heterocycles. The maximum atomic E-state index is 12.5. The Morgan fingerprint density at radius 1 is 1.36 bits per heavy atom. The molecule has 1 N–H and O–H groups in total. The summed E-state index contributed by atoms with van der Waals surface area (Å²) >= 11 is 5.96. The van der Waals surface area contributed by atoms with Crippen molar-refractivity contribution in [3.63, 3.8) is 0 Å². The van der Waals surface area contributed by atoms with Crippen molar-refractivity contribution in [1.29, 1.82) is 0 Å². The number of nitrogens with zero attached hydrogens (tertiary/aromatic N) is 4. The van der Waals surface area contributed by atoms with Crippen LogP contribution in [0.3, 0.4) is 0 Å². The summed E-state index contributed by atoms with van der Waals surface area (Å²) in [5, 5.41) is 18.0. The Bertz CT molecular complexity index is 836. The van der Waals surface area contributed by atoms with Gasteiger partial charge in [0.2, 0.25) is 0 Å². The second-order valence-electron chi connectivity index (χ2n) is 5.85. The van der Waals surface area contributed by atoms with Gasteiger partial charge in [-0.2, -0.15) is 0 Å². The van der Waals surface area contributed by atoms with Crippen molar-refractivity contribution in [2.24, 2.45) is 0 Å². The van der Waals surface area contributed by atoms with Gasteiger partial charge in [0.1, 0.15) is 17.6 Å². The zero-order valence-corrected chi connectivity index (χ0v) is 14.5. The third kappa shape index (κ3) is 3.43. The van der Waals surface area contributed by atoms with Gasteiger partial charge in [0, 0.05) is 5.02 Å². The number of hydrogen-bond donors (Lipinski definition) is 1. The Kier molecular flexibility index (Phi) is 4.63. The molecule has 3 rings (SSSR count). The number of carboxylic acids is 1. The van der Waals surface area contributed by atoms with Crippen molar-refractivity contribution in [3.8, 4) is 5.75 Å². The number of carbonyl (C=O) groups is 2. The highest BCUT2D eigenvalue weighted by molar-refractivity contribution is 6.31. The molecule has 1 atom stereocenters. The average Bonchev–Trinajstić information content (AvgIpc) is 2.95. The van der Waals surface area contributed by atoms with E-state index in [4.69, 9.17) is 16.3 Å². The summed E-state index contributed by atoms with van der Waals surface area (Å²) in [4.78, 5) is 25.3. The highest BCUT2D eigenvalue weighted by atomic mass is 35.5. The molecule has 2 aromatic rings. The molecule has 1 amide bonds. The standard InChI is InChI=1S/C16H17ClN4O4/c1-9-5-11(3-4-12(9)17)25-8-15(22)21-7-14-19-18-10(2)20(14)6-13(21)16(23)24/h3-5,13H,6-8H2,1-2H3,(H,23,24). The van der Waals surface area contributed by atoms with Crippen molar-refractivity contribution in [2.75, 3.05) is 6.61 Å². The van der Waals surface area contributed by atoms with Crippen LogP contribution in [-0.4, -0.2) is 49.3 Å². The molecule has 1 aliphatic heterocycles. The van der Waals surface area contributed by atoms with Gasteiger partial charge in [0.25, 0.3) is 5.91 Å². The quantitative estimate of drug-likeness (QED) is 0.881. The highest BCUT2D eigenvalue weighted by Gasteiger charge is 2.36. The molecule has 0 saturated carbocycles. The molecule has 0 aliphatic carbocycles. The van der Waals surface area contributed by atoms with E-state index in [0.29, 0.717) is 22.4 Å². The molecule has 0 radical (unpaired) electrons. The number of halogens is 1. The first-order valence-electron chi connectivity index (χ1n) is 7.66. The first-order valence-corrected chi connectivity index (χ1v) is 8.04. The van der Waals surface area contributed by atoms with Gasteiger partial charge in [-0.15, -0.1) is 10.2 Å². The van der Waals surface area contributed by atoms with Crippen molar-refractivity contribution < 1.29 is 19.4 Å². The molecule has 0 saturated heterocycles. The fourth-order valence-corrected chi connectivity index (χ4v) is 2.84. The van der Waals surface area contributed by atoms with E-state index in [9.17, 15) is 14.7 Å². The Morgan fingerprint density at radius 3 is 2.80 bits per heavy atom. The van der Waals surface area contributed by atoms with Crippen molar-refractivity contribution in [2.45, 2.75) is 33.0 Å². The average molecular weight is 365 g/mol. The monoisotopic (exact) mass is 364 g/mol. The lowest BCUT2D eigenvalue weighted by molar-refractivity contribution is -0.153. The van der Waals surface area contributed by atoms with E-state index >= 15 is 0 Å². The van der Waals surface area contributed by atoms with Crippen LogP contribution in [0, 0.1) is 13.8 Å². The van der Waals surface area contributed by atoms with E-state index in [2.05, 4.69) is 10.2 Å². The van der Waals surface area contributed by atoms with Crippen LogP contribution in [0.25, 0.3) is 0 Å². The number of ether oxygens (including phenoxy) is 1. The summed E-state index contributed by atoms with van der Waals surface area (Å²) in [6, 6.07) is 4.09. The van der Waals surface area contributed by atoms with E-state index in [-0.39, 0.29) is 19.7 Å². The van der Waals surface area contributed by atoms with Gasteiger partial charge in [0.15, 0.2) is 12.4 Å². The zero-order valence-electron chi connectivity index (χ0n) is 13.8. The van der Waals surface area contributed by atoms with Crippen molar-refractivity contribution in [1.82, 2.24) is 19.7 Å². The van der Waals surface area contributed by atoms with Crippen LogP contribution >= 0.6 is 11.6 Å². The van der Waals surface area contributed by atoms with Crippen LogP contribution in [0.2, 0.25) is 5.02 Å². The third-order valence-corrected chi connectivity index (χ3v) is 4.58. The minimum Gasteiger partial charge on any atom is -0.484 e. The minimum absolute atomic E-state index is 0.0830. The highest BCUT2D eigenvalue weighted by Crippen LogP contribution is 2.22. The summed E-state index contributed by atoms with van der Waals surface area (Å²) < 4.78 is 7.21. The van der Waals surface area contributed by atoms with Gasteiger partial charge in [-0.3, -0.25) is 4.79 Å². The lowest BCUT2D eigenvalue weighted by atomic mass is 10.2. The van der Waals surface area contributed by atoms with E-state index in [0.717, 1.165) is 5.56 Å². The van der Waals surface area contributed by atoms with E-state index in [1.807, 2.05) is 6.92 Å². The SMILES string of the molecule is Cc1cc(OCC(=O)N2Cc3nnc(C)n3CC2C(=O)O)ccc1Cl. The molecule has 0 bridgehead atoms. The number of fused-ring (bicyclic) bond motifs is 1. The van der Waals surface area contributed by atoms with Gasteiger partial charge >= 0.3 is 5.97 Å². The molecule has 1 aromatic carbocycles. The molecule has 1 unspecified atom stereocenters. The fourth-order valence-electron chi connectivity index (χ4n) is 2.72. The minimum atomic E-state index is -1.07. The second kappa shape index (κ2) is 6.72. The number of aliphatic carboxylic acids is 1. The summed E-state index contributed by atoms with van der Waals surface area (Å²) in [6.45, 7) is 3.52. The van der Waals surface area contributed by atoms with Crippen LogP contribution in [0.4, 0.5) is 0 Å². The van der Waals surface area contributed by atoms with Gasteiger partial charge in [-0.1, -0.05) is 11.6 Å². The predicted octanol–water partition coefficient (Wildman–Crippen LogP) is 1.42.